The summed E-state index contributed by atoms with van der Waals surface area (Å²) in [7, 11) is -2.16. The normalized spacial score (nSPS) is 18.8. The molecule has 0 amide bonds. The van der Waals surface area contributed by atoms with Crippen molar-refractivity contribution >= 4 is 16.2 Å². The number of hydrogen-bond donors (Lipinski definition) is 2. The fraction of sp³-hybridized carbons (Fsp3) is 0.900. The molecule has 1 aliphatic heterocycles. The van der Waals surface area contributed by atoms with E-state index in [1.807, 2.05) is 0 Å². The molecule has 0 spiro atoms. The molecule has 2 N–H and O–H groups in total. The number of nitrogens with zero attached hydrogens (tertiary/aromatic N) is 1. The Hall–Kier alpha value is -0.700. The van der Waals surface area contributed by atoms with Crippen LogP contribution >= 0.6 is 0 Å². The Bertz CT molecular complexity index is 362. The van der Waals surface area contributed by atoms with Crippen molar-refractivity contribution in [3.63, 3.8) is 0 Å². The predicted molar refractivity (Wildman–Crippen MR) is 64.9 cm³/mol. The number of aliphatic hydroxyl groups is 1. The molecule has 1 saturated heterocycles. The Morgan fingerprint density at radius 3 is 2.56 bits per heavy atom. The highest BCUT2D eigenvalue weighted by atomic mass is 32.2. The number of carbonyl (C=O) groups is 1. The Balaban J connectivity index is 2.44. The van der Waals surface area contributed by atoms with E-state index >= 15 is 0 Å². The van der Waals surface area contributed by atoms with Crippen molar-refractivity contribution in [3.8, 4) is 0 Å². The highest BCUT2D eigenvalue weighted by molar-refractivity contribution is 7.87. The fourth-order valence-electron chi connectivity index (χ4n) is 1.87. The second-order valence-corrected chi connectivity index (χ2v) is 5.93. The van der Waals surface area contributed by atoms with Crippen LogP contribution in [0.4, 0.5) is 0 Å². The van der Waals surface area contributed by atoms with Crippen LogP contribution in [0.25, 0.3) is 0 Å². The van der Waals surface area contributed by atoms with Gasteiger partial charge < -0.3 is 9.84 Å². The molecule has 0 saturated carbocycles. The zero-order valence-electron chi connectivity index (χ0n) is 10.5. The molecule has 1 rings (SSSR count). The fourth-order valence-corrected chi connectivity index (χ4v) is 3.15. The monoisotopic (exact) mass is 280 g/mol. The zero-order valence-corrected chi connectivity index (χ0v) is 11.3. The third-order valence-corrected chi connectivity index (χ3v) is 4.56. The van der Waals surface area contributed by atoms with Gasteiger partial charge in [-0.05, 0) is 19.3 Å². The molecule has 18 heavy (non-hydrogen) atoms. The lowest BCUT2D eigenvalue weighted by Crippen LogP contribution is -2.46. The van der Waals surface area contributed by atoms with Crippen LogP contribution < -0.4 is 4.72 Å². The van der Waals surface area contributed by atoms with E-state index in [1.165, 1.54) is 11.4 Å². The summed E-state index contributed by atoms with van der Waals surface area (Å²) < 4.78 is 32.0. The number of piperidine rings is 1. The van der Waals surface area contributed by atoms with E-state index < -0.39 is 10.2 Å². The third-order valence-electron chi connectivity index (χ3n) is 2.95. The molecular formula is C10H20N2O5S. The van der Waals surface area contributed by atoms with Gasteiger partial charge in [0.15, 0.2) is 0 Å². The van der Waals surface area contributed by atoms with Gasteiger partial charge in [-0.15, -0.1) is 0 Å². The maximum atomic E-state index is 11.8. The van der Waals surface area contributed by atoms with Crippen molar-refractivity contribution in [2.75, 3.05) is 33.4 Å². The third kappa shape index (κ3) is 4.20. The molecule has 1 fully saturated rings. The first-order chi connectivity index (χ1) is 8.51. The lowest BCUT2D eigenvalue weighted by atomic mass is 9.99. The molecule has 0 aromatic rings. The lowest BCUT2D eigenvalue weighted by Gasteiger charge is -2.29. The smallest absolute Gasteiger partial charge is 0.308 e. The molecular weight excluding hydrogens is 260 g/mol. The molecule has 0 aromatic carbocycles. The number of methoxy groups -OCH3 is 1. The maximum absolute atomic E-state index is 11.8. The van der Waals surface area contributed by atoms with Gasteiger partial charge >= 0.3 is 5.97 Å². The van der Waals surface area contributed by atoms with Gasteiger partial charge in [0, 0.05) is 26.2 Å². The molecule has 1 aliphatic rings. The zero-order chi connectivity index (χ0) is 13.6. The van der Waals surface area contributed by atoms with Crippen molar-refractivity contribution in [2.24, 2.45) is 5.92 Å². The highest BCUT2D eigenvalue weighted by Gasteiger charge is 2.31. The Morgan fingerprint density at radius 2 is 2.06 bits per heavy atom. The van der Waals surface area contributed by atoms with Crippen molar-refractivity contribution in [3.05, 3.63) is 0 Å². The molecule has 1 heterocycles. The summed E-state index contributed by atoms with van der Waals surface area (Å²) in [6.07, 6.45) is 1.35. The average molecular weight is 280 g/mol. The molecule has 0 atom stereocenters. The summed E-state index contributed by atoms with van der Waals surface area (Å²) in [6.45, 7) is 0.797. The van der Waals surface area contributed by atoms with Crippen molar-refractivity contribution in [1.82, 2.24) is 9.03 Å². The summed E-state index contributed by atoms with van der Waals surface area (Å²) >= 11 is 0. The summed E-state index contributed by atoms with van der Waals surface area (Å²) in [6, 6.07) is 0. The molecule has 0 aliphatic carbocycles. The van der Waals surface area contributed by atoms with E-state index in [9.17, 15) is 13.2 Å². The summed E-state index contributed by atoms with van der Waals surface area (Å²) in [5, 5.41) is 8.60. The number of nitrogens with one attached hydrogen (secondary N) is 1. The number of hydrogen-bond acceptors (Lipinski definition) is 5. The van der Waals surface area contributed by atoms with Gasteiger partial charge in [0.1, 0.15) is 0 Å². The van der Waals surface area contributed by atoms with Crippen LogP contribution in [0.15, 0.2) is 0 Å². The number of carbonyl (C=O) groups excluding carboxylic acids is 1. The first kappa shape index (κ1) is 15.4. The second kappa shape index (κ2) is 7.03. The van der Waals surface area contributed by atoms with E-state index in [1.54, 1.807) is 0 Å². The van der Waals surface area contributed by atoms with Crippen molar-refractivity contribution in [2.45, 2.75) is 19.3 Å². The quantitative estimate of drug-likeness (QED) is 0.485. The Morgan fingerprint density at radius 1 is 1.44 bits per heavy atom. The largest absolute Gasteiger partial charge is 0.469 e. The second-order valence-electron chi connectivity index (χ2n) is 4.17. The molecule has 0 unspecified atom stereocenters. The van der Waals surface area contributed by atoms with Gasteiger partial charge in [-0.3, -0.25) is 4.79 Å². The molecule has 8 heteroatoms. The number of rotatable bonds is 6. The van der Waals surface area contributed by atoms with Crippen LogP contribution in [0.1, 0.15) is 19.3 Å². The minimum atomic E-state index is -3.49. The Kier molecular flexibility index (Phi) is 6.00. The highest BCUT2D eigenvalue weighted by Crippen LogP contribution is 2.19. The van der Waals surface area contributed by atoms with E-state index in [-0.39, 0.29) is 25.0 Å². The van der Waals surface area contributed by atoms with E-state index in [0.29, 0.717) is 32.4 Å². The first-order valence-electron chi connectivity index (χ1n) is 5.94. The Labute approximate surface area is 107 Å². The molecule has 0 bridgehead atoms. The van der Waals surface area contributed by atoms with Crippen LogP contribution in [-0.4, -0.2) is 57.1 Å². The van der Waals surface area contributed by atoms with Gasteiger partial charge in [0.25, 0.3) is 10.2 Å². The maximum Gasteiger partial charge on any atom is 0.308 e. The van der Waals surface area contributed by atoms with E-state index in [4.69, 9.17) is 5.11 Å². The van der Waals surface area contributed by atoms with Crippen LogP contribution in [0.2, 0.25) is 0 Å². The van der Waals surface area contributed by atoms with Crippen LogP contribution in [0.3, 0.4) is 0 Å². The van der Waals surface area contributed by atoms with Gasteiger partial charge in [-0.1, -0.05) is 0 Å². The molecule has 0 radical (unpaired) electrons. The van der Waals surface area contributed by atoms with E-state index in [0.717, 1.165) is 0 Å². The molecule has 7 nitrogen and oxygen atoms in total. The van der Waals surface area contributed by atoms with Crippen molar-refractivity contribution < 1.29 is 23.1 Å². The lowest BCUT2D eigenvalue weighted by molar-refractivity contribution is -0.146. The first-order valence-corrected chi connectivity index (χ1v) is 7.38. The van der Waals surface area contributed by atoms with Gasteiger partial charge in [0.05, 0.1) is 13.0 Å². The standard InChI is InChI=1S/C10H20N2O5S/c1-17-10(14)9-3-6-12(7-4-9)18(15,16)11-5-2-8-13/h9,11,13H,2-8H2,1H3. The van der Waals surface area contributed by atoms with Crippen LogP contribution in [0.5, 0.6) is 0 Å². The topological polar surface area (TPSA) is 95.9 Å². The minimum Gasteiger partial charge on any atom is -0.469 e. The predicted octanol–water partition coefficient (Wildman–Crippen LogP) is -0.912. The number of esters is 1. The van der Waals surface area contributed by atoms with Crippen molar-refractivity contribution in [1.29, 1.82) is 0 Å². The van der Waals surface area contributed by atoms with Gasteiger partial charge in [0.2, 0.25) is 0 Å². The molecule has 0 aromatic heterocycles. The van der Waals surface area contributed by atoms with Crippen LogP contribution in [-0.2, 0) is 19.7 Å². The van der Waals surface area contributed by atoms with Crippen LogP contribution in [0, 0.1) is 5.92 Å². The summed E-state index contributed by atoms with van der Waals surface area (Å²) in [5.74, 6) is -0.487. The molecule has 106 valence electrons. The van der Waals surface area contributed by atoms with E-state index in [2.05, 4.69) is 9.46 Å². The van der Waals surface area contributed by atoms with Gasteiger partial charge in [-0.2, -0.15) is 12.7 Å². The van der Waals surface area contributed by atoms with Gasteiger partial charge in [-0.25, -0.2) is 4.72 Å². The average Bonchev–Trinajstić information content (AvgIpc) is 2.38. The number of aliphatic hydroxyl groups excluding tert-OH is 1. The SMILES string of the molecule is COC(=O)C1CCN(S(=O)(=O)NCCCO)CC1. The summed E-state index contributed by atoms with van der Waals surface area (Å²) in [4.78, 5) is 11.3. The minimum absolute atomic E-state index is 0.0487. The number of ether oxygens (including phenoxy) is 1. The summed E-state index contributed by atoms with van der Waals surface area (Å²) in [5.41, 5.74) is 0.